The summed E-state index contributed by atoms with van der Waals surface area (Å²) in [6.07, 6.45) is 4.06. The fourth-order valence-electron chi connectivity index (χ4n) is 3.27. The second-order valence-corrected chi connectivity index (χ2v) is 6.42. The number of aliphatic imine (C=N–C) groups is 1. The molecule has 0 amide bonds. The molecule has 0 aliphatic carbocycles. The average molecular weight is 330 g/mol. The fourth-order valence-corrected chi connectivity index (χ4v) is 3.27. The van der Waals surface area contributed by atoms with Gasteiger partial charge in [-0.3, -0.25) is 4.99 Å². The Balaban J connectivity index is 1.95. The van der Waals surface area contributed by atoms with E-state index in [1.165, 1.54) is 33.8 Å². The van der Waals surface area contributed by atoms with Gasteiger partial charge in [-0.15, -0.1) is 0 Å². The normalized spacial score (nSPS) is 11.4. The lowest BCUT2D eigenvalue weighted by atomic mass is 10.1. The summed E-state index contributed by atoms with van der Waals surface area (Å²) in [5.74, 6) is 0. The summed E-state index contributed by atoms with van der Waals surface area (Å²) in [4.78, 5) is 4.75. The topological polar surface area (TPSA) is 17.3 Å². The van der Waals surface area contributed by atoms with Crippen LogP contribution in [0.2, 0.25) is 0 Å². The van der Waals surface area contributed by atoms with Gasteiger partial charge < -0.3 is 4.57 Å². The molecule has 2 nitrogen and oxygen atoms in total. The highest BCUT2D eigenvalue weighted by Gasteiger charge is 2.09. The molecule has 128 valence electrons. The van der Waals surface area contributed by atoms with Crippen LogP contribution < -0.4 is 0 Å². The van der Waals surface area contributed by atoms with Crippen LogP contribution in [0.3, 0.4) is 0 Å². The fraction of sp³-hybridized carbons (Fsp3) is 0.261. The van der Waals surface area contributed by atoms with Gasteiger partial charge in [0.25, 0.3) is 0 Å². The Hall–Kier alpha value is -2.61. The summed E-state index contributed by atoms with van der Waals surface area (Å²) in [6.45, 7) is 8.66. The van der Waals surface area contributed by atoms with E-state index in [4.69, 9.17) is 4.99 Å². The Morgan fingerprint density at radius 2 is 1.64 bits per heavy atom. The number of hydrogen-bond acceptors (Lipinski definition) is 1. The van der Waals surface area contributed by atoms with Crippen LogP contribution in [0.25, 0.3) is 5.69 Å². The Labute approximate surface area is 150 Å². The molecule has 0 N–H and O–H groups in total. The van der Waals surface area contributed by atoms with Crippen molar-refractivity contribution in [3.8, 4) is 5.69 Å². The molecular weight excluding hydrogens is 304 g/mol. The third-order valence-corrected chi connectivity index (χ3v) is 4.79. The number of hydrogen-bond donors (Lipinski definition) is 0. The summed E-state index contributed by atoms with van der Waals surface area (Å²) in [7, 11) is 0. The maximum absolute atomic E-state index is 4.75. The monoisotopic (exact) mass is 330 g/mol. The predicted octanol–water partition coefficient (Wildman–Crippen LogP) is 5.97. The molecule has 0 saturated heterocycles. The van der Waals surface area contributed by atoms with Gasteiger partial charge in [-0.2, -0.15) is 0 Å². The van der Waals surface area contributed by atoms with Gasteiger partial charge in [-0.25, -0.2) is 0 Å². The maximum atomic E-state index is 4.75. The zero-order chi connectivity index (χ0) is 17.8. The van der Waals surface area contributed by atoms with Crippen LogP contribution in [0.5, 0.6) is 0 Å². The molecule has 25 heavy (non-hydrogen) atoms. The van der Waals surface area contributed by atoms with Crippen molar-refractivity contribution in [3.05, 3.63) is 82.7 Å². The smallest absolute Gasteiger partial charge is 0.0661 e. The van der Waals surface area contributed by atoms with E-state index in [0.29, 0.717) is 0 Å². The minimum absolute atomic E-state index is 0.996. The van der Waals surface area contributed by atoms with Crippen LogP contribution in [0.1, 0.15) is 41.9 Å². The van der Waals surface area contributed by atoms with E-state index in [9.17, 15) is 0 Å². The minimum Gasteiger partial charge on any atom is -0.318 e. The second kappa shape index (κ2) is 7.52. The number of nitrogens with zero attached hydrogens (tertiary/aromatic N) is 2. The van der Waals surface area contributed by atoms with Gasteiger partial charge in [-0.1, -0.05) is 44.2 Å². The van der Waals surface area contributed by atoms with Crippen LogP contribution >= 0.6 is 0 Å². The van der Waals surface area contributed by atoms with Crippen molar-refractivity contribution >= 4 is 11.9 Å². The van der Waals surface area contributed by atoms with Gasteiger partial charge in [0.05, 0.1) is 5.69 Å². The molecule has 0 aliphatic rings. The Bertz CT molecular complexity index is 883. The Morgan fingerprint density at radius 3 is 2.32 bits per heavy atom. The maximum Gasteiger partial charge on any atom is 0.0661 e. The summed E-state index contributed by atoms with van der Waals surface area (Å²) in [5.41, 5.74) is 8.53. The summed E-state index contributed by atoms with van der Waals surface area (Å²) < 4.78 is 2.30. The number of para-hydroxylation sites is 1. The van der Waals surface area contributed by atoms with E-state index in [-0.39, 0.29) is 0 Å². The number of aryl methyl sites for hydroxylation is 3. The third-order valence-electron chi connectivity index (χ3n) is 4.79. The van der Waals surface area contributed by atoms with Gasteiger partial charge in [0.2, 0.25) is 0 Å². The summed E-state index contributed by atoms with van der Waals surface area (Å²) >= 11 is 0. The van der Waals surface area contributed by atoms with E-state index in [0.717, 1.165) is 18.5 Å². The highest BCUT2D eigenvalue weighted by molar-refractivity contribution is 5.84. The Kier molecular flexibility index (Phi) is 5.18. The number of benzene rings is 2. The lowest BCUT2D eigenvalue weighted by Gasteiger charge is -2.10. The minimum atomic E-state index is 0.996. The van der Waals surface area contributed by atoms with Crippen molar-refractivity contribution in [1.29, 1.82) is 0 Å². The molecule has 2 aromatic carbocycles. The van der Waals surface area contributed by atoms with Crippen molar-refractivity contribution in [2.75, 3.05) is 0 Å². The van der Waals surface area contributed by atoms with E-state index in [1.807, 2.05) is 12.3 Å². The highest BCUT2D eigenvalue weighted by Crippen LogP contribution is 2.23. The van der Waals surface area contributed by atoms with Gasteiger partial charge in [0, 0.05) is 28.9 Å². The van der Waals surface area contributed by atoms with Crippen molar-refractivity contribution < 1.29 is 0 Å². The second-order valence-electron chi connectivity index (χ2n) is 6.42. The van der Waals surface area contributed by atoms with Crippen LogP contribution in [-0.4, -0.2) is 10.8 Å². The van der Waals surface area contributed by atoms with Crippen LogP contribution in [-0.2, 0) is 12.8 Å². The lowest BCUT2D eigenvalue weighted by molar-refractivity contribution is 0.962. The summed E-state index contributed by atoms with van der Waals surface area (Å²) in [6, 6.07) is 19.4. The molecule has 0 saturated carbocycles. The van der Waals surface area contributed by atoms with E-state index in [1.54, 1.807) is 0 Å². The molecule has 3 rings (SSSR count). The van der Waals surface area contributed by atoms with Gasteiger partial charge in [-0.05, 0) is 62.1 Å². The molecule has 0 fully saturated rings. The molecule has 1 heterocycles. The average Bonchev–Trinajstić information content (AvgIpc) is 2.94. The van der Waals surface area contributed by atoms with Crippen LogP contribution in [0.15, 0.2) is 59.6 Å². The first-order valence-corrected chi connectivity index (χ1v) is 9.04. The zero-order valence-electron chi connectivity index (χ0n) is 15.6. The summed E-state index contributed by atoms with van der Waals surface area (Å²) in [5, 5.41) is 0. The largest absolute Gasteiger partial charge is 0.318 e. The van der Waals surface area contributed by atoms with E-state index in [2.05, 4.69) is 80.8 Å². The molecule has 0 aliphatic heterocycles. The first-order valence-electron chi connectivity index (χ1n) is 9.04. The first kappa shape index (κ1) is 17.2. The SMILES string of the molecule is CCc1ccc(-n2c(C)cc(C=Nc3ccccc3CC)c2C)cc1. The van der Waals surface area contributed by atoms with Crippen molar-refractivity contribution in [2.45, 2.75) is 40.5 Å². The van der Waals surface area contributed by atoms with Gasteiger partial charge in [0.1, 0.15) is 0 Å². The predicted molar refractivity (Wildman–Crippen MR) is 108 cm³/mol. The van der Waals surface area contributed by atoms with Crippen molar-refractivity contribution in [1.82, 2.24) is 4.57 Å². The van der Waals surface area contributed by atoms with E-state index < -0.39 is 0 Å². The standard InChI is InChI=1S/C23H26N2/c1-5-19-11-13-22(14-12-19)25-17(3)15-21(18(25)4)16-24-23-10-8-7-9-20(23)6-2/h7-16H,5-6H2,1-4H3. The van der Waals surface area contributed by atoms with Crippen LogP contribution in [0.4, 0.5) is 5.69 Å². The van der Waals surface area contributed by atoms with Crippen LogP contribution in [0, 0.1) is 13.8 Å². The molecule has 0 atom stereocenters. The Morgan fingerprint density at radius 1 is 0.920 bits per heavy atom. The van der Waals surface area contributed by atoms with Gasteiger partial charge >= 0.3 is 0 Å². The molecule has 1 aromatic heterocycles. The lowest BCUT2D eigenvalue weighted by Crippen LogP contribution is -1.99. The number of aromatic nitrogens is 1. The first-order chi connectivity index (χ1) is 12.1. The molecular formula is C23H26N2. The van der Waals surface area contributed by atoms with E-state index >= 15 is 0 Å². The third kappa shape index (κ3) is 3.58. The molecule has 0 radical (unpaired) electrons. The number of rotatable bonds is 5. The zero-order valence-corrected chi connectivity index (χ0v) is 15.6. The molecule has 3 aromatic rings. The molecule has 0 unspecified atom stereocenters. The highest BCUT2D eigenvalue weighted by atomic mass is 15.0. The molecule has 2 heteroatoms. The molecule has 0 spiro atoms. The van der Waals surface area contributed by atoms with Crippen molar-refractivity contribution in [2.24, 2.45) is 4.99 Å². The van der Waals surface area contributed by atoms with Crippen molar-refractivity contribution in [3.63, 3.8) is 0 Å². The molecule has 0 bridgehead atoms. The van der Waals surface area contributed by atoms with Gasteiger partial charge in [0.15, 0.2) is 0 Å². The quantitative estimate of drug-likeness (QED) is 0.513.